The lowest BCUT2D eigenvalue weighted by Crippen LogP contribution is -2.22. The van der Waals surface area contributed by atoms with Crippen LogP contribution < -0.4 is 5.73 Å². The lowest BCUT2D eigenvalue weighted by molar-refractivity contribution is 0.292. The Morgan fingerprint density at radius 1 is 1.08 bits per heavy atom. The highest BCUT2D eigenvalue weighted by atomic mass is 14.6. The fraction of sp³-hybridized carbons (Fsp3) is 1.00. The third-order valence-corrected chi connectivity index (χ3v) is 3.04. The van der Waals surface area contributed by atoms with Gasteiger partial charge < -0.3 is 5.73 Å². The van der Waals surface area contributed by atoms with Crippen LogP contribution in [0.15, 0.2) is 0 Å². The highest BCUT2D eigenvalue weighted by Gasteiger charge is 2.15. The van der Waals surface area contributed by atoms with E-state index >= 15 is 0 Å². The Morgan fingerprint density at radius 3 is 1.83 bits per heavy atom. The lowest BCUT2D eigenvalue weighted by atomic mass is 9.84. The smallest absolute Gasteiger partial charge is 0.00463 e. The quantitative estimate of drug-likeness (QED) is 0.653. The summed E-state index contributed by atoms with van der Waals surface area (Å²) < 4.78 is 0. The van der Waals surface area contributed by atoms with Gasteiger partial charge in [-0.15, -0.1) is 0 Å². The zero-order valence-electron chi connectivity index (χ0n) is 9.14. The Balaban J connectivity index is 3.82. The molecule has 0 saturated carbocycles. The molecule has 1 nitrogen and oxygen atoms in total. The van der Waals surface area contributed by atoms with E-state index in [1.165, 1.54) is 19.3 Å². The Hall–Kier alpha value is -0.0400. The van der Waals surface area contributed by atoms with E-state index in [-0.39, 0.29) is 0 Å². The van der Waals surface area contributed by atoms with E-state index in [0.29, 0.717) is 0 Å². The first kappa shape index (κ1) is 12.0. The fourth-order valence-corrected chi connectivity index (χ4v) is 1.69. The molecule has 0 saturated heterocycles. The first-order chi connectivity index (χ1) is 5.65. The van der Waals surface area contributed by atoms with Gasteiger partial charge in [0.1, 0.15) is 0 Å². The average molecular weight is 171 g/mol. The minimum Gasteiger partial charge on any atom is -0.330 e. The molecule has 0 aliphatic rings. The summed E-state index contributed by atoms with van der Waals surface area (Å²) in [5.41, 5.74) is 5.73. The summed E-state index contributed by atoms with van der Waals surface area (Å²) in [7, 11) is 0. The maximum absolute atomic E-state index is 5.73. The van der Waals surface area contributed by atoms with E-state index in [4.69, 9.17) is 5.73 Å². The first-order valence-corrected chi connectivity index (χ1v) is 5.35. The topological polar surface area (TPSA) is 26.0 Å². The van der Waals surface area contributed by atoms with Crippen molar-refractivity contribution in [2.24, 2.45) is 23.5 Å². The molecule has 1 heteroatoms. The summed E-state index contributed by atoms with van der Waals surface area (Å²) in [6.07, 6.45) is 3.93. The highest BCUT2D eigenvalue weighted by Crippen LogP contribution is 2.23. The molecule has 0 amide bonds. The summed E-state index contributed by atoms with van der Waals surface area (Å²) in [4.78, 5) is 0. The summed E-state index contributed by atoms with van der Waals surface area (Å²) in [5, 5.41) is 0. The van der Waals surface area contributed by atoms with Gasteiger partial charge in [-0.2, -0.15) is 0 Å². The molecule has 1 atom stereocenters. The van der Waals surface area contributed by atoms with E-state index in [1.54, 1.807) is 0 Å². The van der Waals surface area contributed by atoms with Gasteiger partial charge in [0.15, 0.2) is 0 Å². The third-order valence-electron chi connectivity index (χ3n) is 3.04. The Morgan fingerprint density at radius 2 is 1.58 bits per heavy atom. The second-order valence-electron chi connectivity index (χ2n) is 4.16. The van der Waals surface area contributed by atoms with Crippen LogP contribution in [0.4, 0.5) is 0 Å². The molecule has 0 aliphatic carbocycles. The summed E-state index contributed by atoms with van der Waals surface area (Å²) in [5.74, 6) is 2.37. The zero-order chi connectivity index (χ0) is 9.56. The van der Waals surface area contributed by atoms with Gasteiger partial charge in [0.05, 0.1) is 0 Å². The molecule has 0 aromatic rings. The highest BCUT2D eigenvalue weighted by molar-refractivity contribution is 4.68. The Bertz CT molecular complexity index is 95.2. The molecule has 0 radical (unpaired) electrons. The second-order valence-corrected chi connectivity index (χ2v) is 4.16. The minimum absolute atomic E-state index is 0.731. The van der Waals surface area contributed by atoms with Crippen LogP contribution in [0.2, 0.25) is 0 Å². The van der Waals surface area contributed by atoms with Crippen molar-refractivity contribution in [3.05, 3.63) is 0 Å². The van der Waals surface area contributed by atoms with E-state index in [0.717, 1.165) is 24.3 Å². The zero-order valence-corrected chi connectivity index (χ0v) is 9.14. The normalized spacial score (nSPS) is 14.2. The predicted octanol–water partition coefficient (Wildman–Crippen LogP) is 3.04. The van der Waals surface area contributed by atoms with Crippen molar-refractivity contribution in [1.29, 1.82) is 0 Å². The maximum Gasteiger partial charge on any atom is -0.00463 e. The molecule has 74 valence electrons. The van der Waals surface area contributed by atoms with E-state index in [9.17, 15) is 0 Å². The molecule has 0 rings (SSSR count). The first-order valence-electron chi connectivity index (χ1n) is 5.35. The Kier molecular flexibility index (Phi) is 6.45. The Labute approximate surface area is 77.7 Å². The van der Waals surface area contributed by atoms with Gasteiger partial charge in [0, 0.05) is 0 Å². The summed E-state index contributed by atoms with van der Waals surface area (Å²) >= 11 is 0. The molecular formula is C11H25N. The van der Waals surface area contributed by atoms with E-state index in [2.05, 4.69) is 27.7 Å². The molecular weight excluding hydrogens is 146 g/mol. The fourth-order valence-electron chi connectivity index (χ4n) is 1.69. The van der Waals surface area contributed by atoms with Crippen LogP contribution >= 0.6 is 0 Å². The van der Waals surface area contributed by atoms with Gasteiger partial charge in [0.25, 0.3) is 0 Å². The molecule has 0 aliphatic heterocycles. The van der Waals surface area contributed by atoms with E-state index in [1.807, 2.05) is 0 Å². The van der Waals surface area contributed by atoms with E-state index < -0.39 is 0 Å². The molecule has 0 heterocycles. The standard InChI is InChI=1S/C11H25N/c1-5-10(6-2)7-11(8-12)9(3)4/h9-11H,5-8,12H2,1-4H3. The van der Waals surface area contributed by atoms with Gasteiger partial charge >= 0.3 is 0 Å². The van der Waals surface area contributed by atoms with Crippen LogP contribution in [0.1, 0.15) is 47.0 Å². The maximum atomic E-state index is 5.73. The third kappa shape index (κ3) is 4.10. The van der Waals surface area contributed by atoms with Crippen LogP contribution in [-0.4, -0.2) is 6.54 Å². The van der Waals surface area contributed by atoms with Crippen LogP contribution in [-0.2, 0) is 0 Å². The monoisotopic (exact) mass is 171 g/mol. The van der Waals surface area contributed by atoms with Crippen molar-refractivity contribution in [2.45, 2.75) is 47.0 Å². The molecule has 0 aromatic heterocycles. The van der Waals surface area contributed by atoms with Gasteiger partial charge in [0.2, 0.25) is 0 Å². The predicted molar refractivity (Wildman–Crippen MR) is 56.1 cm³/mol. The summed E-state index contributed by atoms with van der Waals surface area (Å²) in [6.45, 7) is 9.97. The van der Waals surface area contributed by atoms with Gasteiger partial charge in [-0.1, -0.05) is 40.5 Å². The van der Waals surface area contributed by atoms with Crippen molar-refractivity contribution >= 4 is 0 Å². The van der Waals surface area contributed by atoms with Crippen molar-refractivity contribution in [2.75, 3.05) is 6.54 Å². The number of hydrogen-bond donors (Lipinski definition) is 1. The molecule has 0 spiro atoms. The average Bonchev–Trinajstić information content (AvgIpc) is 2.06. The van der Waals surface area contributed by atoms with Crippen LogP contribution in [0.3, 0.4) is 0 Å². The molecule has 0 bridgehead atoms. The summed E-state index contributed by atoms with van der Waals surface area (Å²) in [6, 6.07) is 0. The van der Waals surface area contributed by atoms with Crippen LogP contribution in [0.25, 0.3) is 0 Å². The molecule has 2 N–H and O–H groups in total. The number of hydrogen-bond acceptors (Lipinski definition) is 1. The molecule has 0 aromatic carbocycles. The number of rotatable bonds is 6. The van der Waals surface area contributed by atoms with Crippen molar-refractivity contribution in [3.63, 3.8) is 0 Å². The van der Waals surface area contributed by atoms with Gasteiger partial charge in [-0.25, -0.2) is 0 Å². The minimum atomic E-state index is 0.731. The van der Waals surface area contributed by atoms with Crippen LogP contribution in [0.5, 0.6) is 0 Å². The van der Waals surface area contributed by atoms with Gasteiger partial charge in [-0.05, 0) is 30.7 Å². The molecule has 12 heavy (non-hydrogen) atoms. The number of nitrogens with two attached hydrogens (primary N) is 1. The second kappa shape index (κ2) is 6.47. The molecule has 0 fully saturated rings. The SMILES string of the molecule is CCC(CC)CC(CN)C(C)C. The van der Waals surface area contributed by atoms with Crippen LogP contribution in [0, 0.1) is 17.8 Å². The molecule has 1 unspecified atom stereocenters. The largest absolute Gasteiger partial charge is 0.330 e. The van der Waals surface area contributed by atoms with Gasteiger partial charge in [-0.3, -0.25) is 0 Å². The van der Waals surface area contributed by atoms with Crippen molar-refractivity contribution in [3.8, 4) is 0 Å². The lowest BCUT2D eigenvalue weighted by Gasteiger charge is -2.23. The van der Waals surface area contributed by atoms with Crippen molar-refractivity contribution < 1.29 is 0 Å². The van der Waals surface area contributed by atoms with Crippen molar-refractivity contribution in [1.82, 2.24) is 0 Å².